The van der Waals surface area contributed by atoms with Gasteiger partial charge in [-0.15, -0.1) is 11.3 Å². The van der Waals surface area contributed by atoms with E-state index in [0.717, 1.165) is 18.5 Å². The van der Waals surface area contributed by atoms with Crippen molar-refractivity contribution in [2.75, 3.05) is 0 Å². The lowest BCUT2D eigenvalue weighted by atomic mass is 10.3. The van der Waals surface area contributed by atoms with E-state index in [-0.39, 0.29) is 0 Å². The van der Waals surface area contributed by atoms with Gasteiger partial charge in [-0.1, -0.05) is 19.1 Å². The van der Waals surface area contributed by atoms with Crippen LogP contribution in [0.5, 0.6) is 0 Å². The third kappa shape index (κ3) is 1.89. The number of nitrogens with zero attached hydrogens (tertiary/aromatic N) is 1. The smallest absolute Gasteiger partial charge is 0.0938 e. The molecule has 0 fully saturated rings. The SMILES string of the molecule is CCCc1nc2c(s1)C=CCC=C2. The van der Waals surface area contributed by atoms with Gasteiger partial charge in [0.15, 0.2) is 0 Å². The van der Waals surface area contributed by atoms with Crippen molar-refractivity contribution >= 4 is 23.5 Å². The molecule has 1 nitrogen and oxygen atoms in total. The molecule has 0 saturated carbocycles. The van der Waals surface area contributed by atoms with Gasteiger partial charge >= 0.3 is 0 Å². The summed E-state index contributed by atoms with van der Waals surface area (Å²) in [7, 11) is 0. The van der Waals surface area contributed by atoms with Crippen LogP contribution in [0.15, 0.2) is 12.2 Å². The van der Waals surface area contributed by atoms with E-state index in [0.29, 0.717) is 0 Å². The molecule has 0 atom stereocenters. The van der Waals surface area contributed by atoms with E-state index in [9.17, 15) is 0 Å². The van der Waals surface area contributed by atoms with E-state index in [2.05, 4.69) is 36.2 Å². The number of aromatic nitrogens is 1. The summed E-state index contributed by atoms with van der Waals surface area (Å²) in [5.41, 5.74) is 1.15. The predicted molar refractivity (Wildman–Crippen MR) is 58.8 cm³/mol. The van der Waals surface area contributed by atoms with Gasteiger partial charge in [-0.25, -0.2) is 4.98 Å². The monoisotopic (exact) mass is 191 g/mol. The van der Waals surface area contributed by atoms with Crippen LogP contribution in [0.25, 0.3) is 12.2 Å². The molecule has 1 aromatic rings. The van der Waals surface area contributed by atoms with Gasteiger partial charge in [0, 0.05) is 0 Å². The molecule has 0 aliphatic heterocycles. The number of allylic oxidation sites excluding steroid dienone is 2. The molecule has 2 heteroatoms. The summed E-state index contributed by atoms with van der Waals surface area (Å²) in [6, 6.07) is 0. The Kier molecular flexibility index (Phi) is 2.60. The lowest BCUT2D eigenvalue weighted by molar-refractivity contribution is 0.907. The summed E-state index contributed by atoms with van der Waals surface area (Å²) < 4.78 is 0. The standard InChI is InChI=1S/C11H13NS/c1-2-6-11-12-9-7-4-3-5-8-10(9)13-11/h4-5,7-8H,2-3,6H2,1H3. The van der Waals surface area contributed by atoms with Crippen molar-refractivity contribution < 1.29 is 0 Å². The molecule has 13 heavy (non-hydrogen) atoms. The van der Waals surface area contributed by atoms with Gasteiger partial charge in [0.2, 0.25) is 0 Å². The zero-order chi connectivity index (χ0) is 9.10. The fourth-order valence-electron chi connectivity index (χ4n) is 1.38. The molecule has 1 heterocycles. The second-order valence-electron chi connectivity index (χ2n) is 3.15. The number of hydrogen-bond acceptors (Lipinski definition) is 2. The fraction of sp³-hybridized carbons (Fsp3) is 0.364. The zero-order valence-electron chi connectivity index (χ0n) is 7.79. The minimum Gasteiger partial charge on any atom is -0.241 e. The lowest BCUT2D eigenvalue weighted by Gasteiger charge is -1.86. The van der Waals surface area contributed by atoms with E-state index in [1.807, 2.05) is 11.3 Å². The van der Waals surface area contributed by atoms with Gasteiger partial charge in [-0.3, -0.25) is 0 Å². The maximum absolute atomic E-state index is 4.58. The van der Waals surface area contributed by atoms with Gasteiger partial charge in [0.1, 0.15) is 0 Å². The first kappa shape index (κ1) is 8.70. The van der Waals surface area contributed by atoms with E-state index in [1.165, 1.54) is 16.3 Å². The van der Waals surface area contributed by atoms with E-state index < -0.39 is 0 Å². The Labute approximate surface area is 82.8 Å². The van der Waals surface area contributed by atoms with Crippen LogP contribution in [0.2, 0.25) is 0 Å². The average molecular weight is 191 g/mol. The topological polar surface area (TPSA) is 12.9 Å². The molecule has 0 radical (unpaired) electrons. The van der Waals surface area contributed by atoms with Crippen molar-refractivity contribution in [1.29, 1.82) is 0 Å². The van der Waals surface area contributed by atoms with Crippen molar-refractivity contribution in [2.45, 2.75) is 26.2 Å². The summed E-state index contributed by atoms with van der Waals surface area (Å²) in [6.45, 7) is 2.19. The number of aryl methyl sites for hydroxylation is 1. The average Bonchev–Trinajstić information content (AvgIpc) is 2.37. The third-order valence-electron chi connectivity index (χ3n) is 2.01. The summed E-state index contributed by atoms with van der Waals surface area (Å²) in [5.74, 6) is 0. The first-order valence-electron chi connectivity index (χ1n) is 4.73. The summed E-state index contributed by atoms with van der Waals surface area (Å²) in [4.78, 5) is 5.90. The highest BCUT2D eigenvalue weighted by Gasteiger charge is 2.06. The van der Waals surface area contributed by atoms with Gasteiger partial charge in [0.25, 0.3) is 0 Å². The van der Waals surface area contributed by atoms with Crippen LogP contribution >= 0.6 is 11.3 Å². The van der Waals surface area contributed by atoms with Crippen LogP contribution in [-0.2, 0) is 6.42 Å². The molecule has 0 spiro atoms. The molecular weight excluding hydrogens is 178 g/mol. The molecule has 0 aromatic carbocycles. The Morgan fingerprint density at radius 3 is 3.08 bits per heavy atom. The molecule has 0 unspecified atom stereocenters. The molecular formula is C11H13NS. The Balaban J connectivity index is 2.33. The number of hydrogen-bond donors (Lipinski definition) is 0. The van der Waals surface area contributed by atoms with Crippen LogP contribution in [-0.4, -0.2) is 4.98 Å². The molecule has 2 rings (SSSR count). The normalized spacial score (nSPS) is 14.2. The first-order valence-corrected chi connectivity index (χ1v) is 5.54. The highest BCUT2D eigenvalue weighted by atomic mass is 32.1. The fourth-order valence-corrected chi connectivity index (χ4v) is 2.47. The third-order valence-corrected chi connectivity index (χ3v) is 3.10. The summed E-state index contributed by atoms with van der Waals surface area (Å²) in [5, 5.41) is 1.27. The summed E-state index contributed by atoms with van der Waals surface area (Å²) in [6.07, 6.45) is 12.0. The molecule has 0 amide bonds. The van der Waals surface area contributed by atoms with Gasteiger partial charge in [-0.2, -0.15) is 0 Å². The highest BCUT2D eigenvalue weighted by molar-refractivity contribution is 7.12. The zero-order valence-corrected chi connectivity index (χ0v) is 8.60. The quantitative estimate of drug-likeness (QED) is 0.697. The van der Waals surface area contributed by atoms with Gasteiger partial charge in [0.05, 0.1) is 15.6 Å². The van der Waals surface area contributed by atoms with Crippen LogP contribution in [0.1, 0.15) is 35.3 Å². The number of fused-ring (bicyclic) bond motifs is 1. The van der Waals surface area contributed by atoms with Crippen molar-refractivity contribution in [3.05, 3.63) is 27.7 Å². The second-order valence-corrected chi connectivity index (χ2v) is 4.26. The van der Waals surface area contributed by atoms with Crippen molar-refractivity contribution in [2.24, 2.45) is 0 Å². The highest BCUT2D eigenvalue weighted by Crippen LogP contribution is 2.24. The Morgan fingerprint density at radius 2 is 2.23 bits per heavy atom. The van der Waals surface area contributed by atoms with Crippen molar-refractivity contribution in [1.82, 2.24) is 4.98 Å². The second kappa shape index (κ2) is 3.88. The lowest BCUT2D eigenvalue weighted by Crippen LogP contribution is -1.80. The Bertz CT molecular complexity index is 317. The van der Waals surface area contributed by atoms with Crippen molar-refractivity contribution in [3.8, 4) is 0 Å². The Morgan fingerprint density at radius 1 is 1.38 bits per heavy atom. The van der Waals surface area contributed by atoms with Crippen LogP contribution in [0.3, 0.4) is 0 Å². The first-order chi connectivity index (χ1) is 6.40. The maximum Gasteiger partial charge on any atom is 0.0938 e. The number of rotatable bonds is 2. The number of thiazole rings is 1. The molecule has 1 aliphatic rings. The molecule has 0 saturated heterocycles. The maximum atomic E-state index is 4.58. The molecule has 0 bridgehead atoms. The van der Waals surface area contributed by atoms with Crippen LogP contribution < -0.4 is 0 Å². The molecule has 0 N–H and O–H groups in total. The molecule has 1 aliphatic carbocycles. The minimum absolute atomic E-state index is 1.03. The van der Waals surface area contributed by atoms with Crippen LogP contribution in [0.4, 0.5) is 0 Å². The predicted octanol–water partition coefficient (Wildman–Crippen LogP) is 3.53. The molecule has 1 aromatic heterocycles. The van der Waals surface area contributed by atoms with E-state index in [1.54, 1.807) is 0 Å². The van der Waals surface area contributed by atoms with Gasteiger partial charge in [-0.05, 0) is 31.4 Å². The van der Waals surface area contributed by atoms with Crippen molar-refractivity contribution in [3.63, 3.8) is 0 Å². The van der Waals surface area contributed by atoms with E-state index >= 15 is 0 Å². The summed E-state index contributed by atoms with van der Waals surface area (Å²) >= 11 is 1.82. The van der Waals surface area contributed by atoms with Gasteiger partial charge < -0.3 is 0 Å². The molecule has 68 valence electrons. The Hall–Kier alpha value is -0.890. The largest absolute Gasteiger partial charge is 0.241 e. The van der Waals surface area contributed by atoms with E-state index in [4.69, 9.17) is 0 Å². The van der Waals surface area contributed by atoms with Crippen LogP contribution in [0, 0.1) is 0 Å². The minimum atomic E-state index is 1.03.